The Balaban J connectivity index is 1.23. The first-order valence-corrected chi connectivity index (χ1v) is 28.0. The SMILES string of the molecule is COC(=O)C(Cc1ccc(OCCNC(=O)OC(C)(C)C)cc1)NC(=O)[C@@H](NC(=O)[C@H](CCCCNC(C)=O)NC(=O)[C@H](Cc1c[nH]c2c(C)cccc12)NC(=O)OCC1c2ccccc2-c2ccccc21)C(C)(C)SCNC(C)=O. The number of thioether (sulfide) groups is 1. The van der Waals surface area contributed by atoms with E-state index >= 15 is 0 Å². The van der Waals surface area contributed by atoms with Crippen molar-refractivity contribution in [3.05, 3.63) is 125 Å². The Bertz CT molecular complexity index is 2980. The normalized spacial score (nSPS) is 13.4. The number of rotatable bonds is 27. The van der Waals surface area contributed by atoms with Crippen molar-refractivity contribution in [2.45, 2.75) is 128 Å². The summed E-state index contributed by atoms with van der Waals surface area (Å²) in [6, 6.07) is 23.2. The van der Waals surface area contributed by atoms with Crippen LogP contribution in [0.5, 0.6) is 5.75 Å². The number of para-hydroxylation sites is 1. The predicted molar refractivity (Wildman–Crippen MR) is 309 cm³/mol. The van der Waals surface area contributed by atoms with E-state index in [2.05, 4.69) is 42.2 Å². The number of hydrogen-bond donors (Lipinski definition) is 8. The number of H-pyrrole nitrogens is 1. The minimum atomic E-state index is -1.40. The number of aromatic amines is 1. The number of esters is 1. The second kappa shape index (κ2) is 28.9. The Labute approximate surface area is 477 Å². The molecule has 0 aliphatic heterocycles. The molecule has 8 N–H and O–H groups in total. The monoisotopic (exact) mass is 1130 g/mol. The summed E-state index contributed by atoms with van der Waals surface area (Å²) < 4.78 is 20.9. The number of benzene rings is 4. The van der Waals surface area contributed by atoms with Crippen molar-refractivity contribution in [2.75, 3.05) is 39.3 Å². The van der Waals surface area contributed by atoms with Crippen LogP contribution in [0.4, 0.5) is 9.59 Å². The van der Waals surface area contributed by atoms with Gasteiger partial charge in [-0.3, -0.25) is 24.0 Å². The van der Waals surface area contributed by atoms with Gasteiger partial charge in [-0.1, -0.05) is 78.9 Å². The van der Waals surface area contributed by atoms with Crippen molar-refractivity contribution in [3.63, 3.8) is 0 Å². The zero-order valence-corrected chi connectivity index (χ0v) is 48.3. The molecule has 0 radical (unpaired) electrons. The first-order valence-electron chi connectivity index (χ1n) is 27.0. The van der Waals surface area contributed by atoms with Crippen molar-refractivity contribution in [1.82, 2.24) is 42.2 Å². The van der Waals surface area contributed by atoms with Gasteiger partial charge in [0.2, 0.25) is 29.5 Å². The van der Waals surface area contributed by atoms with E-state index in [0.717, 1.165) is 50.5 Å². The van der Waals surface area contributed by atoms with Crippen LogP contribution in [-0.4, -0.2) is 126 Å². The van der Waals surface area contributed by atoms with Gasteiger partial charge in [0.25, 0.3) is 0 Å². The van der Waals surface area contributed by atoms with Crippen LogP contribution in [0.25, 0.3) is 22.0 Å². The van der Waals surface area contributed by atoms with Crippen LogP contribution in [-0.2, 0) is 55.8 Å². The second-order valence-corrected chi connectivity index (χ2v) is 23.0. The van der Waals surface area contributed by atoms with Crippen molar-refractivity contribution in [3.8, 4) is 16.9 Å². The van der Waals surface area contributed by atoms with E-state index < -0.39 is 70.4 Å². The number of aromatic nitrogens is 1. The van der Waals surface area contributed by atoms with Crippen molar-refractivity contribution < 1.29 is 57.3 Å². The number of nitrogens with one attached hydrogen (secondary N) is 8. The summed E-state index contributed by atoms with van der Waals surface area (Å²) >= 11 is 1.16. The van der Waals surface area contributed by atoms with Crippen molar-refractivity contribution >= 4 is 70.4 Å². The maximum absolute atomic E-state index is 14.9. The van der Waals surface area contributed by atoms with Crippen LogP contribution in [0.2, 0.25) is 0 Å². The highest BCUT2D eigenvalue weighted by atomic mass is 32.2. The Kier molecular flexibility index (Phi) is 22.2. The van der Waals surface area contributed by atoms with E-state index in [4.69, 9.17) is 18.9 Å². The molecule has 1 aliphatic carbocycles. The lowest BCUT2D eigenvalue weighted by Gasteiger charge is -2.35. The van der Waals surface area contributed by atoms with E-state index in [1.54, 1.807) is 65.1 Å². The summed E-state index contributed by atoms with van der Waals surface area (Å²) in [6.07, 6.45) is 1.11. The highest BCUT2D eigenvalue weighted by molar-refractivity contribution is 8.00. The van der Waals surface area contributed by atoms with E-state index in [-0.39, 0.29) is 62.6 Å². The first-order chi connectivity index (χ1) is 38.5. The topological polar surface area (TPSA) is 273 Å². The third-order valence-corrected chi connectivity index (χ3v) is 14.8. The van der Waals surface area contributed by atoms with Crippen LogP contribution in [0, 0.1) is 6.92 Å². The van der Waals surface area contributed by atoms with Crippen LogP contribution in [0.15, 0.2) is 97.2 Å². The molecule has 20 nitrogen and oxygen atoms in total. The molecule has 7 amide bonds. The molecule has 4 atom stereocenters. The number of alkyl carbamates (subject to hydrolysis) is 2. The molecular formula is C60H76N8O12S. The number of methoxy groups -OCH3 is 1. The van der Waals surface area contributed by atoms with Gasteiger partial charge in [-0.25, -0.2) is 14.4 Å². The molecule has 6 rings (SSSR count). The van der Waals surface area contributed by atoms with Gasteiger partial charge >= 0.3 is 18.2 Å². The van der Waals surface area contributed by atoms with Gasteiger partial charge < -0.3 is 61.1 Å². The van der Waals surface area contributed by atoms with Crippen molar-refractivity contribution in [2.24, 2.45) is 0 Å². The number of ether oxygens (including phenoxy) is 4. The summed E-state index contributed by atoms with van der Waals surface area (Å²) in [5.74, 6) is -3.30. The highest BCUT2D eigenvalue weighted by Gasteiger charge is 2.41. The molecule has 0 saturated heterocycles. The maximum atomic E-state index is 14.9. The Hall–Kier alpha value is -8.07. The first kappa shape index (κ1) is 62.1. The number of carbonyl (C=O) groups excluding carboxylic acids is 8. The van der Waals surface area contributed by atoms with Gasteiger partial charge in [0.15, 0.2) is 0 Å². The average molecular weight is 1130 g/mol. The molecule has 0 spiro atoms. The van der Waals surface area contributed by atoms with Crippen LogP contribution in [0.1, 0.15) is 101 Å². The Morgan fingerprint density at radius 3 is 1.94 bits per heavy atom. The van der Waals surface area contributed by atoms with E-state index in [0.29, 0.717) is 36.3 Å². The quantitative estimate of drug-likeness (QED) is 0.0119. The molecule has 1 unspecified atom stereocenters. The number of carbonyl (C=O) groups is 8. The fraction of sp³-hybridized carbons (Fsp3) is 0.433. The molecule has 4 aromatic carbocycles. The lowest BCUT2D eigenvalue weighted by atomic mass is 9.98. The van der Waals surface area contributed by atoms with Gasteiger partial charge in [0.1, 0.15) is 48.7 Å². The minimum absolute atomic E-state index is 0.00774. The lowest BCUT2D eigenvalue weighted by Crippen LogP contribution is -2.62. The van der Waals surface area contributed by atoms with Crippen LogP contribution in [0.3, 0.4) is 0 Å². The van der Waals surface area contributed by atoms with Crippen molar-refractivity contribution in [1.29, 1.82) is 0 Å². The summed E-state index contributed by atoms with van der Waals surface area (Å²) in [6.45, 7) is 14.0. The van der Waals surface area contributed by atoms with Gasteiger partial charge in [-0.2, -0.15) is 0 Å². The molecule has 81 heavy (non-hydrogen) atoms. The molecule has 1 aromatic heterocycles. The standard InChI is InChI=1S/C60H76N8O12S/c1-36-17-16-22-42-40(33-63-51(36)42)32-49(67-58(76)79-34-47-45-20-12-10-18-43(45)44-19-11-13-21-46(44)47)54(72)65-48(23-14-15-28-61-37(2)69)53(71)68-52(60(7,8)81-35-64-38(3)70)55(73)66-50(56(74)77-9)31-39-24-26-41(27-25-39)78-30-29-62-57(75)80-59(4,5)6/h10-13,16-22,24-27,33,47-50,52,63H,14-15,23,28-32,34-35H2,1-9H3,(H,61,69)(H,62,75)(H,64,70)(H,65,72)(H,66,73)(H,67,76)(H,68,71)/t48-,49-,50?,52+/m0/s1. The van der Waals surface area contributed by atoms with E-state index in [1.165, 1.54) is 21.0 Å². The van der Waals surface area contributed by atoms with Gasteiger partial charge in [0, 0.05) is 61.0 Å². The highest BCUT2D eigenvalue weighted by Crippen LogP contribution is 2.44. The Morgan fingerprint density at radius 2 is 1.30 bits per heavy atom. The van der Waals surface area contributed by atoms with Crippen LogP contribution < -0.4 is 42.0 Å². The molecule has 0 fully saturated rings. The number of hydrogen-bond acceptors (Lipinski definition) is 13. The molecule has 1 heterocycles. The maximum Gasteiger partial charge on any atom is 0.407 e. The minimum Gasteiger partial charge on any atom is -0.492 e. The van der Waals surface area contributed by atoms with Crippen LogP contribution >= 0.6 is 11.8 Å². The third kappa shape index (κ3) is 18.2. The fourth-order valence-corrected chi connectivity index (χ4v) is 10.4. The Morgan fingerprint density at radius 1 is 0.654 bits per heavy atom. The average Bonchev–Trinajstić information content (AvgIpc) is 3.78. The van der Waals surface area contributed by atoms with E-state index in [1.807, 2.05) is 73.7 Å². The summed E-state index contributed by atoms with van der Waals surface area (Å²) in [5.41, 5.74) is 6.62. The number of unbranched alkanes of at least 4 members (excludes halogenated alkanes) is 1. The molecule has 5 aromatic rings. The number of amides is 7. The molecule has 434 valence electrons. The van der Waals surface area contributed by atoms with E-state index in [9.17, 15) is 38.4 Å². The fourth-order valence-electron chi connectivity index (χ4n) is 9.41. The van der Waals surface area contributed by atoms with Gasteiger partial charge in [-0.15, -0.1) is 11.8 Å². The molecular weight excluding hydrogens is 1060 g/mol. The third-order valence-electron chi connectivity index (χ3n) is 13.5. The molecule has 21 heteroatoms. The zero-order valence-electron chi connectivity index (χ0n) is 47.5. The molecule has 1 aliphatic rings. The summed E-state index contributed by atoms with van der Waals surface area (Å²) in [7, 11) is 1.19. The number of fused-ring (bicyclic) bond motifs is 4. The second-order valence-electron chi connectivity index (χ2n) is 21.4. The molecule has 0 saturated carbocycles. The van der Waals surface area contributed by atoms with Gasteiger partial charge in [0.05, 0.1) is 19.5 Å². The smallest absolute Gasteiger partial charge is 0.407 e. The number of aryl methyl sites for hydroxylation is 1. The largest absolute Gasteiger partial charge is 0.492 e. The summed E-state index contributed by atoms with van der Waals surface area (Å²) in [4.78, 5) is 111. The zero-order chi connectivity index (χ0) is 58.9. The lowest BCUT2D eigenvalue weighted by molar-refractivity contribution is -0.145. The predicted octanol–water partition coefficient (Wildman–Crippen LogP) is 6.61. The summed E-state index contributed by atoms with van der Waals surface area (Å²) in [5, 5.41) is 20.3. The van der Waals surface area contributed by atoms with Gasteiger partial charge in [-0.05, 0) is 112 Å². The molecule has 0 bridgehead atoms.